The highest BCUT2D eigenvalue weighted by atomic mass is 32.2. The summed E-state index contributed by atoms with van der Waals surface area (Å²) in [6.45, 7) is 3.76. The molecule has 0 saturated carbocycles. The van der Waals surface area contributed by atoms with Gasteiger partial charge < -0.3 is 14.5 Å². The molecule has 26 heavy (non-hydrogen) atoms. The molecule has 1 unspecified atom stereocenters. The molecule has 0 N–H and O–H groups in total. The number of benzene rings is 2. The first-order valence-electron chi connectivity index (χ1n) is 8.90. The van der Waals surface area contributed by atoms with Crippen LogP contribution in [0.15, 0.2) is 65.6 Å². The summed E-state index contributed by atoms with van der Waals surface area (Å²) >= 11 is 0. The van der Waals surface area contributed by atoms with Gasteiger partial charge in [-0.15, -0.1) is 0 Å². The maximum Gasteiger partial charge on any atom is 0.415 e. The SMILES string of the molecule is O=C(Oc1ccccc1)N1CCCN(CCS(=O)c2ccccc2)CC1. The number of rotatable bonds is 5. The van der Waals surface area contributed by atoms with Crippen molar-refractivity contribution in [2.24, 2.45) is 0 Å². The van der Waals surface area contributed by atoms with Crippen molar-refractivity contribution in [1.29, 1.82) is 0 Å². The van der Waals surface area contributed by atoms with Gasteiger partial charge in [-0.2, -0.15) is 0 Å². The molecule has 1 amide bonds. The molecule has 2 aromatic rings. The molecule has 6 heteroatoms. The van der Waals surface area contributed by atoms with Gasteiger partial charge >= 0.3 is 6.09 Å². The number of hydrogen-bond acceptors (Lipinski definition) is 4. The highest BCUT2D eigenvalue weighted by Crippen LogP contribution is 2.12. The Labute approximate surface area is 157 Å². The molecule has 3 rings (SSSR count). The van der Waals surface area contributed by atoms with Crippen LogP contribution in [0.25, 0.3) is 0 Å². The van der Waals surface area contributed by atoms with E-state index in [9.17, 15) is 9.00 Å². The van der Waals surface area contributed by atoms with Crippen molar-refractivity contribution in [2.45, 2.75) is 11.3 Å². The van der Waals surface area contributed by atoms with Crippen molar-refractivity contribution in [3.05, 3.63) is 60.7 Å². The van der Waals surface area contributed by atoms with Crippen LogP contribution in [0.1, 0.15) is 6.42 Å². The first-order chi connectivity index (χ1) is 12.7. The van der Waals surface area contributed by atoms with Crippen LogP contribution in [0, 0.1) is 0 Å². The molecule has 0 bridgehead atoms. The molecule has 1 atom stereocenters. The van der Waals surface area contributed by atoms with E-state index < -0.39 is 10.8 Å². The van der Waals surface area contributed by atoms with Crippen LogP contribution in [0.2, 0.25) is 0 Å². The van der Waals surface area contributed by atoms with Crippen molar-refractivity contribution in [3.63, 3.8) is 0 Å². The lowest BCUT2D eigenvalue weighted by molar-refractivity contribution is 0.153. The zero-order valence-corrected chi connectivity index (χ0v) is 15.6. The van der Waals surface area contributed by atoms with Gasteiger partial charge in [0.15, 0.2) is 0 Å². The quantitative estimate of drug-likeness (QED) is 0.810. The average molecular weight is 372 g/mol. The normalized spacial score (nSPS) is 16.7. The van der Waals surface area contributed by atoms with Crippen molar-refractivity contribution in [2.75, 3.05) is 38.5 Å². The second-order valence-electron chi connectivity index (χ2n) is 6.23. The first kappa shape index (κ1) is 18.6. The Morgan fingerprint density at radius 3 is 2.35 bits per heavy atom. The second-order valence-corrected chi connectivity index (χ2v) is 7.80. The lowest BCUT2D eigenvalue weighted by atomic mass is 10.3. The van der Waals surface area contributed by atoms with Gasteiger partial charge in [-0.3, -0.25) is 4.21 Å². The van der Waals surface area contributed by atoms with Gasteiger partial charge in [-0.25, -0.2) is 4.79 Å². The number of hydrogen-bond donors (Lipinski definition) is 0. The van der Waals surface area contributed by atoms with Crippen LogP contribution < -0.4 is 4.74 Å². The van der Waals surface area contributed by atoms with Gasteiger partial charge in [-0.1, -0.05) is 36.4 Å². The van der Waals surface area contributed by atoms with E-state index in [1.807, 2.05) is 48.5 Å². The Balaban J connectivity index is 1.46. The Kier molecular flexibility index (Phi) is 6.80. The largest absolute Gasteiger partial charge is 0.415 e. The van der Waals surface area contributed by atoms with E-state index in [2.05, 4.69) is 4.90 Å². The Hall–Kier alpha value is -2.18. The lowest BCUT2D eigenvalue weighted by Crippen LogP contribution is -2.37. The van der Waals surface area contributed by atoms with Crippen LogP contribution in [0.3, 0.4) is 0 Å². The molecule has 1 aliphatic heterocycles. The van der Waals surface area contributed by atoms with Crippen LogP contribution in [0.4, 0.5) is 4.79 Å². The number of carbonyl (C=O) groups is 1. The Bertz CT molecular complexity index is 724. The van der Waals surface area contributed by atoms with E-state index in [-0.39, 0.29) is 6.09 Å². The molecular weight excluding hydrogens is 348 g/mol. The van der Waals surface area contributed by atoms with Gasteiger partial charge in [0.1, 0.15) is 5.75 Å². The number of carbonyl (C=O) groups excluding carboxylic acids is 1. The summed E-state index contributed by atoms with van der Waals surface area (Å²) in [6, 6.07) is 18.7. The van der Waals surface area contributed by atoms with Crippen molar-refractivity contribution < 1.29 is 13.7 Å². The fraction of sp³-hybridized carbons (Fsp3) is 0.350. The third-order valence-corrected chi connectivity index (χ3v) is 5.75. The molecule has 138 valence electrons. The zero-order valence-electron chi connectivity index (χ0n) is 14.8. The Morgan fingerprint density at radius 1 is 0.923 bits per heavy atom. The maximum atomic E-state index is 12.3. The van der Waals surface area contributed by atoms with Gasteiger partial charge in [0.2, 0.25) is 0 Å². The van der Waals surface area contributed by atoms with Crippen molar-refractivity contribution in [1.82, 2.24) is 9.80 Å². The molecule has 1 fully saturated rings. The number of ether oxygens (including phenoxy) is 1. The fourth-order valence-electron chi connectivity index (χ4n) is 2.93. The topological polar surface area (TPSA) is 49.9 Å². The minimum atomic E-state index is -0.982. The average Bonchev–Trinajstić information content (AvgIpc) is 2.93. The van der Waals surface area contributed by atoms with Gasteiger partial charge in [-0.05, 0) is 37.2 Å². The summed E-state index contributed by atoms with van der Waals surface area (Å²) in [5.41, 5.74) is 0. The van der Waals surface area contributed by atoms with Gasteiger partial charge in [0.25, 0.3) is 0 Å². The molecular formula is C20H24N2O3S. The summed E-state index contributed by atoms with van der Waals surface area (Å²) < 4.78 is 17.8. The van der Waals surface area contributed by atoms with E-state index in [1.165, 1.54) is 0 Å². The molecule has 0 radical (unpaired) electrons. The standard InChI is InChI=1S/C20H24N2O3S/c23-20(25-18-8-3-1-4-9-18)22-13-7-12-21(14-15-22)16-17-26(24)19-10-5-2-6-11-19/h1-6,8-11H,7,12-17H2. The summed E-state index contributed by atoms with van der Waals surface area (Å²) in [4.78, 5) is 17.2. The van der Waals surface area contributed by atoms with Gasteiger partial charge in [0, 0.05) is 36.8 Å². The fourth-order valence-corrected chi connectivity index (χ4v) is 4.05. The van der Waals surface area contributed by atoms with Crippen molar-refractivity contribution in [3.8, 4) is 5.75 Å². The van der Waals surface area contributed by atoms with E-state index in [1.54, 1.807) is 17.0 Å². The summed E-state index contributed by atoms with van der Waals surface area (Å²) in [5, 5.41) is 0. The molecule has 0 aliphatic carbocycles. The number of nitrogens with zero attached hydrogens (tertiary/aromatic N) is 2. The van der Waals surface area contributed by atoms with Crippen LogP contribution in [0.5, 0.6) is 5.75 Å². The van der Waals surface area contributed by atoms with E-state index in [0.29, 0.717) is 24.6 Å². The smallest absolute Gasteiger partial charge is 0.410 e. The lowest BCUT2D eigenvalue weighted by Gasteiger charge is -2.21. The summed E-state index contributed by atoms with van der Waals surface area (Å²) in [6.07, 6.45) is 0.591. The van der Waals surface area contributed by atoms with Crippen LogP contribution in [-0.4, -0.2) is 58.6 Å². The minimum Gasteiger partial charge on any atom is -0.410 e. The highest BCUT2D eigenvalue weighted by molar-refractivity contribution is 7.85. The predicted octanol–water partition coefficient (Wildman–Crippen LogP) is 3.00. The monoisotopic (exact) mass is 372 g/mol. The molecule has 1 saturated heterocycles. The van der Waals surface area contributed by atoms with Gasteiger partial charge in [0.05, 0.1) is 10.8 Å². The van der Waals surface area contributed by atoms with E-state index in [4.69, 9.17) is 4.74 Å². The molecule has 1 aliphatic rings. The highest BCUT2D eigenvalue weighted by Gasteiger charge is 2.21. The van der Waals surface area contributed by atoms with Crippen LogP contribution >= 0.6 is 0 Å². The summed E-state index contributed by atoms with van der Waals surface area (Å²) in [7, 11) is -0.982. The number of para-hydroxylation sites is 1. The molecule has 0 spiro atoms. The summed E-state index contributed by atoms with van der Waals surface area (Å²) in [5.74, 6) is 1.18. The maximum absolute atomic E-state index is 12.3. The van der Waals surface area contributed by atoms with E-state index in [0.717, 1.165) is 31.0 Å². The third-order valence-electron chi connectivity index (χ3n) is 4.39. The molecule has 0 aromatic heterocycles. The predicted molar refractivity (Wildman–Crippen MR) is 103 cm³/mol. The number of amides is 1. The molecule has 5 nitrogen and oxygen atoms in total. The Morgan fingerprint density at radius 2 is 1.62 bits per heavy atom. The van der Waals surface area contributed by atoms with Crippen LogP contribution in [-0.2, 0) is 10.8 Å². The van der Waals surface area contributed by atoms with Crippen molar-refractivity contribution >= 4 is 16.9 Å². The zero-order chi connectivity index (χ0) is 18.2. The first-order valence-corrected chi connectivity index (χ1v) is 10.2. The molecule has 1 heterocycles. The third kappa shape index (κ3) is 5.41. The van der Waals surface area contributed by atoms with E-state index >= 15 is 0 Å². The second kappa shape index (κ2) is 9.50. The minimum absolute atomic E-state index is 0.300. The molecule has 2 aromatic carbocycles.